The zero-order valence-corrected chi connectivity index (χ0v) is 19.0. The van der Waals surface area contributed by atoms with E-state index in [2.05, 4.69) is 17.0 Å². The van der Waals surface area contributed by atoms with Crippen LogP contribution in [0, 0.1) is 0 Å². The molecular formula is C22H26N6O3S. The average Bonchev–Trinajstić information content (AvgIpc) is 3.39. The van der Waals surface area contributed by atoms with Crippen LogP contribution in [0.3, 0.4) is 0 Å². The van der Waals surface area contributed by atoms with Gasteiger partial charge in [0.05, 0.1) is 17.1 Å². The Morgan fingerprint density at radius 1 is 1.25 bits per heavy atom. The molecule has 0 bridgehead atoms. The standard InChI is InChI=1S/C22H26N6O3S/c1-15-10-18-11-20(32(23,30)31)8-9-21(18)28(15)22(29)12-26(3)16(2)17-4-6-19(7-5-17)27-14-24-13-25-27/h4-9,11,13-16H,10,12H2,1-3H3,(H2,23,30,31)/t15-,16-/m1/s1. The summed E-state index contributed by atoms with van der Waals surface area (Å²) >= 11 is 0. The number of fused-ring (bicyclic) bond motifs is 1. The van der Waals surface area contributed by atoms with Crippen LogP contribution in [0.25, 0.3) is 5.69 Å². The number of rotatable bonds is 6. The third-order valence-corrected chi connectivity index (χ3v) is 6.88. The number of amides is 1. The Morgan fingerprint density at radius 2 is 1.97 bits per heavy atom. The Labute approximate surface area is 187 Å². The van der Waals surface area contributed by atoms with Gasteiger partial charge in [-0.25, -0.2) is 23.2 Å². The molecule has 1 aliphatic heterocycles. The number of benzene rings is 2. The van der Waals surface area contributed by atoms with Crippen molar-refractivity contribution in [2.45, 2.75) is 37.2 Å². The van der Waals surface area contributed by atoms with E-state index in [9.17, 15) is 13.2 Å². The van der Waals surface area contributed by atoms with Gasteiger partial charge in [0.1, 0.15) is 12.7 Å². The summed E-state index contributed by atoms with van der Waals surface area (Å²) in [6, 6.07) is 12.6. The number of hydrogen-bond acceptors (Lipinski definition) is 6. The third-order valence-electron chi connectivity index (χ3n) is 5.97. The van der Waals surface area contributed by atoms with Crippen molar-refractivity contribution >= 4 is 21.6 Å². The summed E-state index contributed by atoms with van der Waals surface area (Å²) < 4.78 is 25.0. The zero-order chi connectivity index (χ0) is 23.0. The first kappa shape index (κ1) is 22.1. The monoisotopic (exact) mass is 454 g/mol. The van der Waals surface area contributed by atoms with E-state index in [0.29, 0.717) is 6.42 Å². The molecule has 1 aromatic heterocycles. The number of sulfonamides is 1. The second-order valence-electron chi connectivity index (χ2n) is 8.18. The second kappa shape index (κ2) is 8.45. The van der Waals surface area contributed by atoms with Crippen molar-refractivity contribution in [2.75, 3.05) is 18.5 Å². The fourth-order valence-corrected chi connectivity index (χ4v) is 4.66. The molecule has 10 heteroatoms. The molecule has 2 N–H and O–H groups in total. The van der Waals surface area contributed by atoms with Gasteiger partial charge < -0.3 is 4.90 Å². The van der Waals surface area contributed by atoms with Crippen molar-refractivity contribution in [3.63, 3.8) is 0 Å². The van der Waals surface area contributed by atoms with E-state index in [1.165, 1.54) is 12.4 Å². The van der Waals surface area contributed by atoms with Crippen molar-refractivity contribution < 1.29 is 13.2 Å². The molecule has 2 atom stereocenters. The Balaban J connectivity index is 1.47. The molecule has 9 nitrogen and oxygen atoms in total. The van der Waals surface area contributed by atoms with Crippen LogP contribution in [0.5, 0.6) is 0 Å². The first-order chi connectivity index (χ1) is 15.1. The van der Waals surface area contributed by atoms with E-state index in [1.54, 1.807) is 28.0 Å². The molecule has 2 aromatic carbocycles. The van der Waals surface area contributed by atoms with Crippen LogP contribution in [0.2, 0.25) is 0 Å². The summed E-state index contributed by atoms with van der Waals surface area (Å²) in [7, 11) is -1.86. The Morgan fingerprint density at radius 3 is 2.59 bits per heavy atom. The van der Waals surface area contributed by atoms with Crippen LogP contribution in [-0.4, -0.2) is 53.6 Å². The van der Waals surface area contributed by atoms with Gasteiger partial charge in [0.25, 0.3) is 0 Å². The SMILES string of the molecule is C[C@H](c1ccc(-n2cncn2)cc1)N(C)CC(=O)N1c2ccc(S(N)(=O)=O)cc2C[C@H]1C. The summed E-state index contributed by atoms with van der Waals surface area (Å²) in [5.74, 6) is -0.0341. The van der Waals surface area contributed by atoms with Crippen molar-refractivity contribution in [1.82, 2.24) is 19.7 Å². The molecule has 4 rings (SSSR count). The predicted molar refractivity (Wildman–Crippen MR) is 121 cm³/mol. The minimum absolute atomic E-state index is 0.0193. The van der Waals surface area contributed by atoms with Crippen molar-refractivity contribution in [2.24, 2.45) is 5.14 Å². The van der Waals surface area contributed by atoms with Gasteiger partial charge >= 0.3 is 0 Å². The highest BCUT2D eigenvalue weighted by Crippen LogP contribution is 2.34. The Bertz CT molecular complexity index is 1230. The summed E-state index contributed by atoms with van der Waals surface area (Å²) in [4.78, 5) is 21.0. The molecular weight excluding hydrogens is 428 g/mol. The van der Waals surface area contributed by atoms with Crippen LogP contribution in [-0.2, 0) is 21.2 Å². The summed E-state index contributed by atoms with van der Waals surface area (Å²) in [6.45, 7) is 4.24. The minimum atomic E-state index is -3.78. The van der Waals surface area contributed by atoms with Gasteiger partial charge in [-0.05, 0) is 68.8 Å². The lowest BCUT2D eigenvalue weighted by Crippen LogP contribution is -2.42. The molecule has 0 fully saturated rings. The largest absolute Gasteiger partial charge is 0.308 e. The second-order valence-corrected chi connectivity index (χ2v) is 9.74. The normalized spacial score (nSPS) is 16.9. The van der Waals surface area contributed by atoms with Gasteiger partial charge in [0, 0.05) is 17.8 Å². The highest BCUT2D eigenvalue weighted by molar-refractivity contribution is 7.89. The van der Waals surface area contributed by atoms with Gasteiger partial charge in [0.2, 0.25) is 15.9 Å². The van der Waals surface area contributed by atoms with Gasteiger partial charge in [-0.15, -0.1) is 0 Å². The fraction of sp³-hybridized carbons (Fsp3) is 0.318. The number of hydrogen-bond donors (Lipinski definition) is 1. The molecule has 1 amide bonds. The van der Waals surface area contributed by atoms with E-state index < -0.39 is 10.0 Å². The molecule has 0 saturated heterocycles. The summed E-state index contributed by atoms with van der Waals surface area (Å²) in [5.41, 5.74) is 3.56. The van der Waals surface area contributed by atoms with Gasteiger partial charge in [-0.1, -0.05) is 12.1 Å². The van der Waals surface area contributed by atoms with Crippen LogP contribution in [0.1, 0.15) is 31.0 Å². The van der Waals surface area contributed by atoms with E-state index in [0.717, 1.165) is 22.5 Å². The number of likely N-dealkylation sites (N-methyl/N-ethyl adjacent to an activating group) is 1. The zero-order valence-electron chi connectivity index (χ0n) is 18.2. The van der Waals surface area contributed by atoms with Crippen LogP contribution >= 0.6 is 0 Å². The maximum Gasteiger partial charge on any atom is 0.241 e. The maximum absolute atomic E-state index is 13.2. The van der Waals surface area contributed by atoms with Gasteiger partial charge in [0.15, 0.2) is 0 Å². The molecule has 0 radical (unpaired) electrons. The van der Waals surface area contributed by atoms with Crippen molar-refractivity contribution in [3.8, 4) is 5.69 Å². The Hall–Kier alpha value is -3.08. The van der Waals surface area contributed by atoms with E-state index in [1.807, 2.05) is 43.1 Å². The number of aromatic nitrogens is 3. The van der Waals surface area contributed by atoms with Crippen molar-refractivity contribution in [3.05, 3.63) is 66.2 Å². The van der Waals surface area contributed by atoms with Crippen molar-refractivity contribution in [1.29, 1.82) is 0 Å². The number of nitrogens with two attached hydrogens (primary N) is 1. The molecule has 0 unspecified atom stereocenters. The molecule has 2 heterocycles. The first-order valence-electron chi connectivity index (χ1n) is 10.3. The third kappa shape index (κ3) is 4.29. The molecule has 32 heavy (non-hydrogen) atoms. The fourth-order valence-electron chi connectivity index (χ4n) is 4.09. The molecule has 0 aliphatic carbocycles. The van der Waals surface area contributed by atoms with E-state index in [-0.39, 0.29) is 29.4 Å². The van der Waals surface area contributed by atoms with E-state index in [4.69, 9.17) is 5.14 Å². The average molecular weight is 455 g/mol. The minimum Gasteiger partial charge on any atom is -0.308 e. The molecule has 0 saturated carbocycles. The number of carbonyl (C=O) groups excluding carboxylic acids is 1. The molecule has 168 valence electrons. The smallest absolute Gasteiger partial charge is 0.241 e. The highest BCUT2D eigenvalue weighted by atomic mass is 32.2. The van der Waals surface area contributed by atoms with Gasteiger partial charge in [-0.2, -0.15) is 5.10 Å². The summed E-state index contributed by atoms with van der Waals surface area (Å²) in [5, 5.41) is 9.38. The number of carbonyl (C=O) groups is 1. The van der Waals surface area contributed by atoms with Crippen LogP contribution < -0.4 is 10.0 Å². The topological polar surface area (TPSA) is 114 Å². The molecule has 0 spiro atoms. The van der Waals surface area contributed by atoms with E-state index >= 15 is 0 Å². The highest BCUT2D eigenvalue weighted by Gasteiger charge is 2.32. The lowest BCUT2D eigenvalue weighted by atomic mass is 10.1. The molecule has 3 aromatic rings. The van der Waals surface area contributed by atoms with Gasteiger partial charge in [-0.3, -0.25) is 9.69 Å². The first-order valence-corrected chi connectivity index (χ1v) is 11.8. The number of primary sulfonamides is 1. The summed E-state index contributed by atoms with van der Waals surface area (Å²) in [6.07, 6.45) is 3.72. The number of anilines is 1. The van der Waals surface area contributed by atoms with Crippen LogP contribution in [0.15, 0.2) is 60.0 Å². The molecule has 1 aliphatic rings. The number of nitrogens with zero attached hydrogens (tertiary/aromatic N) is 5. The quantitative estimate of drug-likeness (QED) is 0.608. The predicted octanol–water partition coefficient (Wildman–Crippen LogP) is 1.89. The van der Waals surface area contributed by atoms with Crippen LogP contribution in [0.4, 0.5) is 5.69 Å². The lowest BCUT2D eigenvalue weighted by Gasteiger charge is -2.29. The Kier molecular flexibility index (Phi) is 5.85. The maximum atomic E-state index is 13.2. The lowest BCUT2D eigenvalue weighted by molar-refractivity contribution is -0.120.